The van der Waals surface area contributed by atoms with E-state index in [0.29, 0.717) is 0 Å². The van der Waals surface area contributed by atoms with Gasteiger partial charge in [-0.2, -0.15) is 0 Å². The van der Waals surface area contributed by atoms with Crippen LogP contribution in [0.15, 0.2) is 0 Å². The summed E-state index contributed by atoms with van der Waals surface area (Å²) in [5, 5.41) is 17.8. The van der Waals surface area contributed by atoms with Gasteiger partial charge in [-0.15, -0.1) is 0 Å². The summed E-state index contributed by atoms with van der Waals surface area (Å²) in [6.45, 7) is 2.95. The molecule has 0 unspecified atom stereocenters. The highest BCUT2D eigenvalue weighted by Crippen LogP contribution is 2.47. The lowest BCUT2D eigenvalue weighted by Gasteiger charge is -2.23. The van der Waals surface area contributed by atoms with Gasteiger partial charge in [0.2, 0.25) is 0 Å². The molecule has 0 aromatic carbocycles. The van der Waals surface area contributed by atoms with Crippen LogP contribution >= 0.6 is 0 Å². The van der Waals surface area contributed by atoms with Crippen molar-refractivity contribution in [2.45, 2.75) is 25.7 Å². The van der Waals surface area contributed by atoms with Crippen LogP contribution < -0.4 is 0 Å². The van der Waals surface area contributed by atoms with Crippen molar-refractivity contribution in [1.82, 2.24) is 4.90 Å². The van der Waals surface area contributed by atoms with Gasteiger partial charge >= 0.3 is 5.97 Å². The largest absolute Gasteiger partial charge is 0.481 e. The Bertz CT molecular complexity index is 256. The van der Waals surface area contributed by atoms with Gasteiger partial charge in [-0.1, -0.05) is 0 Å². The first-order valence-corrected chi connectivity index (χ1v) is 5.71. The lowest BCUT2D eigenvalue weighted by molar-refractivity contribution is -0.141. The number of aliphatic hydroxyl groups excluding tert-OH is 1. The number of hydrogen-bond acceptors (Lipinski definition) is 3. The van der Waals surface area contributed by atoms with Crippen LogP contribution in [0.3, 0.4) is 0 Å². The molecule has 2 fully saturated rings. The smallest absolute Gasteiger partial charge is 0.306 e. The Kier molecular flexibility index (Phi) is 2.98. The quantitative estimate of drug-likeness (QED) is 0.719. The van der Waals surface area contributed by atoms with Crippen LogP contribution in [0.25, 0.3) is 0 Å². The molecule has 2 rings (SSSR count). The number of carboxylic acids is 1. The van der Waals surface area contributed by atoms with Crippen LogP contribution in [0, 0.1) is 11.3 Å². The molecule has 0 aromatic rings. The molecule has 1 saturated heterocycles. The van der Waals surface area contributed by atoms with Gasteiger partial charge in [0.05, 0.1) is 12.5 Å². The van der Waals surface area contributed by atoms with Gasteiger partial charge in [0, 0.05) is 13.1 Å². The summed E-state index contributed by atoms with van der Waals surface area (Å²) in [6, 6.07) is 0. The van der Waals surface area contributed by atoms with E-state index in [4.69, 9.17) is 10.2 Å². The number of aliphatic hydroxyl groups is 1. The Morgan fingerprint density at radius 3 is 2.87 bits per heavy atom. The Morgan fingerprint density at radius 1 is 1.47 bits per heavy atom. The zero-order valence-corrected chi connectivity index (χ0v) is 8.98. The number of carboxylic acid groups (broad SMARTS) is 1. The van der Waals surface area contributed by atoms with Crippen LogP contribution in [-0.2, 0) is 4.79 Å². The summed E-state index contributed by atoms with van der Waals surface area (Å²) in [7, 11) is 0. The average Bonchev–Trinajstić information content (AvgIpc) is 2.76. The first kappa shape index (κ1) is 10.9. The van der Waals surface area contributed by atoms with E-state index in [0.717, 1.165) is 45.3 Å². The monoisotopic (exact) mass is 213 g/mol. The second-order valence-corrected chi connectivity index (χ2v) is 5.03. The number of nitrogens with zero attached hydrogens (tertiary/aromatic N) is 1. The summed E-state index contributed by atoms with van der Waals surface area (Å²) < 4.78 is 0. The fourth-order valence-corrected chi connectivity index (χ4v) is 3.15. The predicted octanol–water partition coefficient (Wildman–Crippen LogP) is 0.556. The molecule has 2 atom stereocenters. The molecular weight excluding hydrogens is 194 g/mol. The minimum atomic E-state index is -0.632. The van der Waals surface area contributed by atoms with Crippen molar-refractivity contribution >= 4 is 5.97 Å². The van der Waals surface area contributed by atoms with Crippen LogP contribution in [0.2, 0.25) is 0 Å². The van der Waals surface area contributed by atoms with Gasteiger partial charge in [-0.05, 0) is 37.6 Å². The third kappa shape index (κ3) is 2.16. The number of hydrogen-bond donors (Lipinski definition) is 2. The number of rotatable bonds is 3. The summed E-state index contributed by atoms with van der Waals surface area (Å²) >= 11 is 0. The van der Waals surface area contributed by atoms with E-state index in [-0.39, 0.29) is 17.9 Å². The SMILES string of the molecule is O=C(O)[C@@H]1CC[C@@]2(CCN(CCO)C2)C1. The highest BCUT2D eigenvalue weighted by Gasteiger charge is 2.45. The predicted molar refractivity (Wildman–Crippen MR) is 55.6 cm³/mol. The summed E-state index contributed by atoms with van der Waals surface area (Å²) in [4.78, 5) is 13.1. The maximum atomic E-state index is 10.9. The molecule has 0 amide bonds. The van der Waals surface area contributed by atoms with Gasteiger partial charge in [-0.25, -0.2) is 0 Å². The molecule has 0 bridgehead atoms. The molecule has 4 nitrogen and oxygen atoms in total. The minimum Gasteiger partial charge on any atom is -0.481 e. The van der Waals surface area contributed by atoms with Gasteiger partial charge < -0.3 is 15.1 Å². The van der Waals surface area contributed by atoms with Crippen molar-refractivity contribution < 1.29 is 15.0 Å². The highest BCUT2D eigenvalue weighted by molar-refractivity contribution is 5.70. The standard InChI is InChI=1S/C11H19NO3/c13-6-5-12-4-3-11(8-12)2-1-9(7-11)10(14)15/h9,13H,1-8H2,(H,14,15)/t9-,11-/m1/s1. The molecule has 1 spiro atoms. The average molecular weight is 213 g/mol. The van der Waals surface area contributed by atoms with Crippen molar-refractivity contribution in [3.8, 4) is 0 Å². The van der Waals surface area contributed by atoms with Crippen molar-refractivity contribution in [2.24, 2.45) is 11.3 Å². The van der Waals surface area contributed by atoms with E-state index in [2.05, 4.69) is 4.90 Å². The lowest BCUT2D eigenvalue weighted by atomic mass is 9.84. The zero-order valence-electron chi connectivity index (χ0n) is 8.98. The molecule has 86 valence electrons. The molecule has 0 aromatic heterocycles. The number of aliphatic carboxylic acids is 1. The van der Waals surface area contributed by atoms with E-state index >= 15 is 0 Å². The molecule has 4 heteroatoms. The Hall–Kier alpha value is -0.610. The third-order valence-electron chi connectivity index (χ3n) is 3.99. The lowest BCUT2D eigenvalue weighted by Crippen LogP contribution is -2.28. The molecule has 15 heavy (non-hydrogen) atoms. The van der Waals surface area contributed by atoms with E-state index in [1.807, 2.05) is 0 Å². The van der Waals surface area contributed by atoms with E-state index in [9.17, 15) is 4.79 Å². The molecule has 2 N–H and O–H groups in total. The second-order valence-electron chi connectivity index (χ2n) is 5.03. The van der Waals surface area contributed by atoms with Crippen LogP contribution in [0.4, 0.5) is 0 Å². The van der Waals surface area contributed by atoms with Gasteiger partial charge in [0.1, 0.15) is 0 Å². The summed E-state index contributed by atoms with van der Waals surface area (Å²) in [5.41, 5.74) is 0.248. The van der Waals surface area contributed by atoms with Crippen molar-refractivity contribution in [2.75, 3.05) is 26.2 Å². The normalized spacial score (nSPS) is 36.5. The van der Waals surface area contributed by atoms with Crippen LogP contribution in [0.5, 0.6) is 0 Å². The van der Waals surface area contributed by atoms with Crippen molar-refractivity contribution in [3.05, 3.63) is 0 Å². The van der Waals surface area contributed by atoms with Gasteiger partial charge in [0.25, 0.3) is 0 Å². The fraction of sp³-hybridized carbons (Fsp3) is 0.909. The molecule has 2 aliphatic rings. The molecule has 0 radical (unpaired) electrons. The van der Waals surface area contributed by atoms with E-state index < -0.39 is 5.97 Å². The summed E-state index contributed by atoms with van der Waals surface area (Å²) in [6.07, 6.45) is 3.83. The van der Waals surface area contributed by atoms with Crippen LogP contribution in [0.1, 0.15) is 25.7 Å². The highest BCUT2D eigenvalue weighted by atomic mass is 16.4. The van der Waals surface area contributed by atoms with Crippen molar-refractivity contribution in [1.29, 1.82) is 0 Å². The van der Waals surface area contributed by atoms with E-state index in [1.165, 1.54) is 0 Å². The Balaban J connectivity index is 1.92. The van der Waals surface area contributed by atoms with Crippen molar-refractivity contribution in [3.63, 3.8) is 0 Å². The third-order valence-corrected chi connectivity index (χ3v) is 3.99. The molecule has 1 aliphatic heterocycles. The topological polar surface area (TPSA) is 60.8 Å². The van der Waals surface area contributed by atoms with Gasteiger partial charge in [-0.3, -0.25) is 4.79 Å². The number of carbonyl (C=O) groups is 1. The maximum Gasteiger partial charge on any atom is 0.306 e. The molecule has 1 aliphatic carbocycles. The van der Waals surface area contributed by atoms with Gasteiger partial charge in [0.15, 0.2) is 0 Å². The van der Waals surface area contributed by atoms with Crippen LogP contribution in [-0.4, -0.2) is 47.3 Å². The fourth-order valence-electron chi connectivity index (χ4n) is 3.15. The molecular formula is C11H19NO3. The first-order valence-electron chi connectivity index (χ1n) is 5.71. The Labute approximate surface area is 89.9 Å². The Morgan fingerprint density at radius 2 is 2.27 bits per heavy atom. The number of likely N-dealkylation sites (tertiary alicyclic amines) is 1. The van der Waals surface area contributed by atoms with E-state index in [1.54, 1.807) is 0 Å². The zero-order chi connectivity index (χ0) is 10.9. The first-order chi connectivity index (χ1) is 7.15. The molecule has 1 saturated carbocycles. The maximum absolute atomic E-state index is 10.9. The molecule has 1 heterocycles. The second kappa shape index (κ2) is 4.10. The summed E-state index contributed by atoms with van der Waals surface area (Å²) in [5.74, 6) is -0.758. The minimum absolute atomic E-state index is 0.126. The number of β-amino-alcohol motifs (C(OH)–C–C–N with tert-alkyl or cyclic N) is 1.